The molecule has 0 aromatic heterocycles. The van der Waals surface area contributed by atoms with Crippen molar-refractivity contribution in [2.45, 2.75) is 90.4 Å². The fourth-order valence-electron chi connectivity index (χ4n) is 3.32. The fraction of sp³-hybridized carbons (Fsp3) is 0.700. The van der Waals surface area contributed by atoms with Crippen molar-refractivity contribution in [3.05, 3.63) is 29.8 Å². The van der Waals surface area contributed by atoms with Crippen LogP contribution in [0.5, 0.6) is 0 Å². The average molecular weight is 290 g/mol. The lowest BCUT2D eigenvalue weighted by Crippen LogP contribution is -2.23. The zero-order valence-corrected chi connectivity index (χ0v) is 14.5. The van der Waals surface area contributed by atoms with Crippen molar-refractivity contribution < 1.29 is 0 Å². The van der Waals surface area contributed by atoms with E-state index in [1.165, 1.54) is 69.8 Å². The van der Waals surface area contributed by atoms with Crippen LogP contribution < -0.4 is 5.73 Å². The van der Waals surface area contributed by atoms with Crippen LogP contribution in [0.1, 0.15) is 90.5 Å². The van der Waals surface area contributed by atoms with Gasteiger partial charge in [-0.05, 0) is 29.9 Å². The van der Waals surface area contributed by atoms with Gasteiger partial charge in [0.15, 0.2) is 0 Å². The molecule has 21 heavy (non-hydrogen) atoms. The van der Waals surface area contributed by atoms with E-state index in [9.17, 15) is 0 Å². The van der Waals surface area contributed by atoms with Gasteiger partial charge < -0.3 is 5.73 Å². The molecule has 0 heterocycles. The minimum Gasteiger partial charge on any atom is -0.398 e. The highest BCUT2D eigenvalue weighted by Crippen LogP contribution is 2.38. The van der Waals surface area contributed by atoms with Gasteiger partial charge in [-0.15, -0.1) is 0 Å². The maximum absolute atomic E-state index is 6.27. The SMILES string of the molecule is CCCCCCC(C)(CCCCCC)c1ccccc1N. The van der Waals surface area contributed by atoms with Crippen LogP contribution in [0.2, 0.25) is 0 Å². The summed E-state index contributed by atoms with van der Waals surface area (Å²) < 4.78 is 0. The molecule has 1 nitrogen and oxygen atoms in total. The van der Waals surface area contributed by atoms with Crippen molar-refractivity contribution in [2.24, 2.45) is 0 Å². The van der Waals surface area contributed by atoms with E-state index in [2.05, 4.69) is 39.0 Å². The van der Waals surface area contributed by atoms with Gasteiger partial charge in [-0.1, -0.05) is 90.3 Å². The minimum atomic E-state index is 0.257. The van der Waals surface area contributed by atoms with Gasteiger partial charge in [-0.25, -0.2) is 0 Å². The average Bonchev–Trinajstić information content (AvgIpc) is 2.49. The zero-order chi connectivity index (χ0) is 15.6. The summed E-state index contributed by atoms with van der Waals surface area (Å²) in [4.78, 5) is 0. The standard InChI is InChI=1S/C20H35N/c1-4-6-8-12-16-20(3,17-13-9-7-5-2)18-14-10-11-15-19(18)21/h10-11,14-15H,4-9,12-13,16-17,21H2,1-3H3. The van der Waals surface area contributed by atoms with Crippen LogP contribution in [0.4, 0.5) is 5.69 Å². The Morgan fingerprint density at radius 3 is 1.81 bits per heavy atom. The fourth-order valence-corrected chi connectivity index (χ4v) is 3.32. The Morgan fingerprint density at radius 2 is 1.33 bits per heavy atom. The van der Waals surface area contributed by atoms with Crippen LogP contribution >= 0.6 is 0 Å². The first kappa shape index (κ1) is 18.1. The highest BCUT2D eigenvalue weighted by atomic mass is 14.6. The van der Waals surface area contributed by atoms with Crippen LogP contribution in [0.25, 0.3) is 0 Å². The van der Waals surface area contributed by atoms with Crippen molar-refractivity contribution in [1.29, 1.82) is 0 Å². The molecule has 0 saturated heterocycles. The summed E-state index contributed by atoms with van der Waals surface area (Å²) in [6.45, 7) is 6.98. The van der Waals surface area contributed by atoms with Crippen LogP contribution in [-0.2, 0) is 5.41 Å². The van der Waals surface area contributed by atoms with E-state index < -0.39 is 0 Å². The number of para-hydroxylation sites is 1. The summed E-state index contributed by atoms with van der Waals surface area (Å²) >= 11 is 0. The predicted octanol–water partition coefficient (Wildman–Crippen LogP) is 6.47. The van der Waals surface area contributed by atoms with Crippen LogP contribution in [0.15, 0.2) is 24.3 Å². The topological polar surface area (TPSA) is 26.0 Å². The van der Waals surface area contributed by atoms with Crippen LogP contribution in [0.3, 0.4) is 0 Å². The molecule has 0 amide bonds. The molecule has 0 fully saturated rings. The number of hydrogen-bond donors (Lipinski definition) is 1. The number of benzene rings is 1. The third-order valence-electron chi connectivity index (χ3n) is 4.78. The van der Waals surface area contributed by atoms with Gasteiger partial charge in [-0.3, -0.25) is 0 Å². The van der Waals surface area contributed by atoms with Gasteiger partial charge in [0.25, 0.3) is 0 Å². The van der Waals surface area contributed by atoms with Gasteiger partial charge in [0.2, 0.25) is 0 Å². The smallest absolute Gasteiger partial charge is 0.0352 e. The zero-order valence-electron chi connectivity index (χ0n) is 14.5. The summed E-state index contributed by atoms with van der Waals surface area (Å²) in [6, 6.07) is 8.50. The van der Waals surface area contributed by atoms with E-state index in [1.807, 2.05) is 6.07 Å². The second-order valence-electron chi connectivity index (χ2n) is 6.77. The number of nitrogens with two attached hydrogens (primary N) is 1. The molecule has 0 radical (unpaired) electrons. The van der Waals surface area contributed by atoms with E-state index in [4.69, 9.17) is 5.73 Å². The van der Waals surface area contributed by atoms with Gasteiger partial charge in [-0.2, -0.15) is 0 Å². The van der Waals surface area contributed by atoms with Gasteiger partial charge in [0.05, 0.1) is 0 Å². The van der Waals surface area contributed by atoms with Crippen LogP contribution in [0, 0.1) is 0 Å². The quantitative estimate of drug-likeness (QED) is 0.367. The van der Waals surface area contributed by atoms with Gasteiger partial charge >= 0.3 is 0 Å². The molecule has 0 atom stereocenters. The lowest BCUT2D eigenvalue weighted by atomic mass is 9.73. The molecule has 0 unspecified atom stereocenters. The van der Waals surface area contributed by atoms with E-state index in [-0.39, 0.29) is 5.41 Å². The van der Waals surface area contributed by atoms with Gasteiger partial charge in [0.1, 0.15) is 0 Å². The Hall–Kier alpha value is -0.980. The summed E-state index contributed by atoms with van der Waals surface area (Å²) in [5.74, 6) is 0. The first-order chi connectivity index (χ1) is 10.1. The van der Waals surface area contributed by atoms with Crippen molar-refractivity contribution in [3.8, 4) is 0 Å². The maximum atomic E-state index is 6.27. The van der Waals surface area contributed by atoms with E-state index in [1.54, 1.807) is 0 Å². The molecular formula is C20H35N. The van der Waals surface area contributed by atoms with E-state index in [0.717, 1.165) is 5.69 Å². The molecule has 120 valence electrons. The Balaban J connectivity index is 2.70. The number of rotatable bonds is 11. The molecule has 2 N–H and O–H groups in total. The largest absolute Gasteiger partial charge is 0.398 e. The Bertz CT molecular complexity index is 371. The maximum Gasteiger partial charge on any atom is 0.0352 e. The van der Waals surface area contributed by atoms with Crippen molar-refractivity contribution in [3.63, 3.8) is 0 Å². The molecular weight excluding hydrogens is 254 g/mol. The highest BCUT2D eigenvalue weighted by Gasteiger charge is 2.27. The molecule has 0 bridgehead atoms. The summed E-state index contributed by atoms with van der Waals surface area (Å²) in [6.07, 6.45) is 13.2. The van der Waals surface area contributed by atoms with Crippen molar-refractivity contribution in [1.82, 2.24) is 0 Å². The molecule has 0 aliphatic rings. The lowest BCUT2D eigenvalue weighted by Gasteiger charge is -2.32. The lowest BCUT2D eigenvalue weighted by molar-refractivity contribution is 0.365. The molecule has 1 rings (SSSR count). The predicted molar refractivity (Wildman–Crippen MR) is 95.7 cm³/mol. The molecule has 0 aliphatic heterocycles. The van der Waals surface area contributed by atoms with E-state index in [0.29, 0.717) is 0 Å². The second-order valence-corrected chi connectivity index (χ2v) is 6.77. The van der Waals surface area contributed by atoms with Crippen molar-refractivity contribution in [2.75, 3.05) is 5.73 Å². The molecule has 1 aromatic carbocycles. The van der Waals surface area contributed by atoms with E-state index >= 15 is 0 Å². The molecule has 0 saturated carbocycles. The molecule has 1 heteroatoms. The Labute approximate surface area is 132 Å². The van der Waals surface area contributed by atoms with Crippen molar-refractivity contribution >= 4 is 5.69 Å². The number of anilines is 1. The first-order valence-electron chi connectivity index (χ1n) is 8.99. The third-order valence-corrected chi connectivity index (χ3v) is 4.78. The molecule has 1 aromatic rings. The highest BCUT2D eigenvalue weighted by molar-refractivity contribution is 5.50. The Morgan fingerprint density at radius 1 is 0.810 bits per heavy atom. The normalized spacial score (nSPS) is 11.8. The van der Waals surface area contributed by atoms with Crippen LogP contribution in [-0.4, -0.2) is 0 Å². The molecule has 0 aliphatic carbocycles. The number of nitrogen functional groups attached to an aromatic ring is 1. The Kier molecular flexibility index (Phi) is 8.49. The number of unbranched alkanes of at least 4 members (excludes halogenated alkanes) is 6. The minimum absolute atomic E-state index is 0.257. The molecule has 0 spiro atoms. The summed E-state index contributed by atoms with van der Waals surface area (Å²) in [7, 11) is 0. The second kappa shape index (κ2) is 9.87. The summed E-state index contributed by atoms with van der Waals surface area (Å²) in [5.41, 5.74) is 8.88. The third kappa shape index (κ3) is 6.11. The summed E-state index contributed by atoms with van der Waals surface area (Å²) in [5, 5.41) is 0. The number of hydrogen-bond acceptors (Lipinski definition) is 1. The first-order valence-corrected chi connectivity index (χ1v) is 8.99. The van der Waals surface area contributed by atoms with Gasteiger partial charge in [0, 0.05) is 5.69 Å². The monoisotopic (exact) mass is 289 g/mol.